The molecule has 0 bridgehead atoms. The fourth-order valence-electron chi connectivity index (χ4n) is 4.00. The Balaban J connectivity index is 1.53. The van der Waals surface area contributed by atoms with Gasteiger partial charge in [-0.15, -0.1) is 0 Å². The average Bonchev–Trinajstić information content (AvgIpc) is 2.68. The predicted octanol–water partition coefficient (Wildman–Crippen LogP) is 2.62. The van der Waals surface area contributed by atoms with Crippen molar-refractivity contribution in [1.82, 2.24) is 0 Å². The van der Waals surface area contributed by atoms with Crippen LogP contribution in [0.2, 0.25) is 0 Å². The molecule has 29 heavy (non-hydrogen) atoms. The van der Waals surface area contributed by atoms with E-state index in [4.69, 9.17) is 0 Å². The fraction of sp³-hybridized carbons (Fsp3) is 0.250. The van der Waals surface area contributed by atoms with Crippen LogP contribution in [0.3, 0.4) is 0 Å². The summed E-state index contributed by atoms with van der Waals surface area (Å²) in [4.78, 5) is 28.6. The molecule has 4 rings (SSSR count). The Hall–Kier alpha value is -3.18. The van der Waals surface area contributed by atoms with Gasteiger partial charge in [-0.25, -0.2) is 0 Å². The third kappa shape index (κ3) is 3.61. The maximum absolute atomic E-state index is 13.3. The molecule has 1 heterocycles. The predicted molar refractivity (Wildman–Crippen MR) is 116 cm³/mol. The number of nitrogens with zero attached hydrogens (tertiary/aromatic N) is 1. The van der Waals surface area contributed by atoms with Crippen LogP contribution in [0.4, 0.5) is 11.4 Å². The number of rotatable bonds is 4. The first-order chi connectivity index (χ1) is 13.9. The van der Waals surface area contributed by atoms with Gasteiger partial charge in [0.15, 0.2) is 6.54 Å². The van der Waals surface area contributed by atoms with Gasteiger partial charge in [0.25, 0.3) is 5.91 Å². The summed E-state index contributed by atoms with van der Waals surface area (Å²) >= 11 is 0. The first kappa shape index (κ1) is 19.2. The molecule has 2 amide bonds. The number of carbonyl (C=O) groups excluding carboxylic acids is 2. The van der Waals surface area contributed by atoms with E-state index in [1.54, 1.807) is 18.7 Å². The smallest absolute Gasteiger partial charge is 0.283 e. The molecule has 0 radical (unpaired) electrons. The van der Waals surface area contributed by atoms with Crippen LogP contribution >= 0.6 is 0 Å². The molecule has 5 heteroatoms. The third-order valence-corrected chi connectivity index (χ3v) is 5.53. The van der Waals surface area contributed by atoms with Gasteiger partial charge in [-0.3, -0.25) is 14.5 Å². The van der Waals surface area contributed by atoms with Crippen molar-refractivity contribution in [3.05, 3.63) is 72.3 Å². The van der Waals surface area contributed by atoms with E-state index in [2.05, 4.69) is 35.6 Å². The molecule has 1 aliphatic heterocycles. The number of hydrogen-bond donors (Lipinski definition) is 2. The Morgan fingerprint density at radius 1 is 1.00 bits per heavy atom. The van der Waals surface area contributed by atoms with E-state index < -0.39 is 5.54 Å². The number of nitrogens with one attached hydrogen (secondary N) is 2. The number of anilines is 2. The SMILES string of the molecule is C[NH+](CC(=O)N1c2ccccc2NC(=O)C1(C)C)Cc1ccc2ccccc2c1. The minimum atomic E-state index is -0.936. The first-order valence-electron chi connectivity index (χ1n) is 9.89. The molecule has 1 aliphatic rings. The molecule has 148 valence electrons. The van der Waals surface area contributed by atoms with Crippen LogP contribution in [0.1, 0.15) is 19.4 Å². The van der Waals surface area contributed by atoms with Gasteiger partial charge < -0.3 is 10.2 Å². The van der Waals surface area contributed by atoms with E-state index in [0.717, 1.165) is 17.1 Å². The molecule has 3 aromatic rings. The molecule has 0 saturated heterocycles. The van der Waals surface area contributed by atoms with E-state index in [1.165, 1.54) is 16.3 Å². The molecular weight excluding hydrogens is 362 g/mol. The zero-order chi connectivity index (χ0) is 20.6. The van der Waals surface area contributed by atoms with Gasteiger partial charge in [0.05, 0.1) is 18.4 Å². The Kier molecular flexibility index (Phi) is 4.84. The highest BCUT2D eigenvalue weighted by Gasteiger charge is 2.44. The highest BCUT2D eigenvalue weighted by molar-refractivity contribution is 6.14. The molecule has 1 atom stereocenters. The van der Waals surface area contributed by atoms with Gasteiger partial charge >= 0.3 is 0 Å². The van der Waals surface area contributed by atoms with Crippen molar-refractivity contribution in [1.29, 1.82) is 0 Å². The Morgan fingerprint density at radius 3 is 2.48 bits per heavy atom. The van der Waals surface area contributed by atoms with Crippen LogP contribution in [0.15, 0.2) is 66.7 Å². The molecule has 0 aliphatic carbocycles. The van der Waals surface area contributed by atoms with Crippen LogP contribution in [0.5, 0.6) is 0 Å². The molecular formula is C24H26N3O2+. The van der Waals surface area contributed by atoms with Crippen molar-refractivity contribution < 1.29 is 14.5 Å². The molecule has 0 spiro atoms. The molecule has 0 aromatic heterocycles. The lowest BCUT2D eigenvalue weighted by atomic mass is 9.96. The summed E-state index contributed by atoms with van der Waals surface area (Å²) in [6, 6.07) is 22.1. The van der Waals surface area contributed by atoms with Crippen LogP contribution < -0.4 is 15.1 Å². The normalized spacial score (nSPS) is 16.2. The van der Waals surface area contributed by atoms with Crippen molar-refractivity contribution in [2.45, 2.75) is 25.9 Å². The van der Waals surface area contributed by atoms with Gasteiger partial charge in [-0.2, -0.15) is 0 Å². The number of para-hydroxylation sites is 2. The summed E-state index contributed by atoms with van der Waals surface area (Å²) in [7, 11) is 2.01. The minimum absolute atomic E-state index is 0.0596. The lowest BCUT2D eigenvalue weighted by Gasteiger charge is -2.42. The molecule has 3 aromatic carbocycles. The van der Waals surface area contributed by atoms with E-state index in [9.17, 15) is 9.59 Å². The van der Waals surface area contributed by atoms with Crippen molar-refractivity contribution in [2.75, 3.05) is 23.8 Å². The van der Waals surface area contributed by atoms with Crippen LogP contribution in [0.25, 0.3) is 10.8 Å². The van der Waals surface area contributed by atoms with Gasteiger partial charge in [0.2, 0.25) is 5.91 Å². The summed E-state index contributed by atoms with van der Waals surface area (Å²) in [6.07, 6.45) is 0. The number of hydrogen-bond acceptors (Lipinski definition) is 2. The molecule has 2 N–H and O–H groups in total. The molecule has 1 unspecified atom stereocenters. The van der Waals surface area contributed by atoms with Gasteiger partial charge in [-0.05, 0) is 42.8 Å². The second-order valence-corrected chi connectivity index (χ2v) is 8.25. The van der Waals surface area contributed by atoms with E-state index in [-0.39, 0.29) is 11.8 Å². The summed E-state index contributed by atoms with van der Waals surface area (Å²) < 4.78 is 0. The monoisotopic (exact) mass is 388 g/mol. The summed E-state index contributed by atoms with van der Waals surface area (Å²) in [5, 5.41) is 5.32. The van der Waals surface area contributed by atoms with Crippen LogP contribution in [-0.4, -0.2) is 30.9 Å². The van der Waals surface area contributed by atoms with Crippen molar-refractivity contribution in [3.8, 4) is 0 Å². The standard InChI is InChI=1S/C24H25N3O2/c1-24(2)23(29)25-20-10-6-7-11-21(20)27(24)22(28)16-26(3)15-17-12-13-18-8-4-5-9-19(18)14-17/h4-14H,15-16H2,1-3H3,(H,25,29)/p+1. The number of likely N-dealkylation sites (N-methyl/N-ethyl adjacent to an activating group) is 1. The summed E-state index contributed by atoms with van der Waals surface area (Å²) in [5.41, 5.74) is 1.68. The van der Waals surface area contributed by atoms with Gasteiger partial charge in [-0.1, -0.05) is 48.5 Å². The second-order valence-electron chi connectivity index (χ2n) is 8.25. The lowest BCUT2D eigenvalue weighted by Crippen LogP contribution is -3.09. The summed E-state index contributed by atoms with van der Waals surface area (Å²) in [5.74, 6) is -0.229. The van der Waals surface area contributed by atoms with E-state index in [0.29, 0.717) is 12.2 Å². The maximum Gasteiger partial charge on any atom is 0.283 e. The van der Waals surface area contributed by atoms with Crippen molar-refractivity contribution >= 4 is 34.0 Å². The number of benzene rings is 3. The highest BCUT2D eigenvalue weighted by atomic mass is 16.2. The Morgan fingerprint density at radius 2 is 1.69 bits per heavy atom. The first-order valence-corrected chi connectivity index (χ1v) is 9.89. The average molecular weight is 388 g/mol. The number of carbonyl (C=O) groups is 2. The Labute approximate surface area is 170 Å². The van der Waals surface area contributed by atoms with E-state index in [1.807, 2.05) is 43.4 Å². The highest BCUT2D eigenvalue weighted by Crippen LogP contribution is 2.36. The van der Waals surface area contributed by atoms with Crippen molar-refractivity contribution in [2.24, 2.45) is 0 Å². The zero-order valence-corrected chi connectivity index (χ0v) is 17.0. The largest absolute Gasteiger partial charge is 0.326 e. The fourth-order valence-corrected chi connectivity index (χ4v) is 4.00. The minimum Gasteiger partial charge on any atom is -0.326 e. The number of fused-ring (bicyclic) bond motifs is 2. The third-order valence-electron chi connectivity index (χ3n) is 5.53. The summed E-state index contributed by atoms with van der Waals surface area (Å²) in [6.45, 7) is 4.61. The molecule has 0 fully saturated rings. The zero-order valence-electron chi connectivity index (χ0n) is 17.0. The van der Waals surface area contributed by atoms with Crippen molar-refractivity contribution in [3.63, 3.8) is 0 Å². The van der Waals surface area contributed by atoms with Gasteiger partial charge in [0, 0.05) is 5.56 Å². The number of quaternary nitrogens is 1. The van der Waals surface area contributed by atoms with Crippen LogP contribution in [-0.2, 0) is 16.1 Å². The number of amides is 2. The lowest BCUT2D eigenvalue weighted by molar-refractivity contribution is -0.885. The second kappa shape index (κ2) is 7.33. The topological polar surface area (TPSA) is 53.9 Å². The van der Waals surface area contributed by atoms with E-state index >= 15 is 0 Å². The van der Waals surface area contributed by atoms with Crippen LogP contribution in [0, 0.1) is 0 Å². The quantitative estimate of drug-likeness (QED) is 0.722. The molecule has 5 nitrogen and oxygen atoms in total. The maximum atomic E-state index is 13.3. The Bertz CT molecular complexity index is 1090. The van der Waals surface area contributed by atoms with Gasteiger partial charge in [0.1, 0.15) is 12.1 Å². The molecule has 0 saturated carbocycles.